The summed E-state index contributed by atoms with van der Waals surface area (Å²) in [6.07, 6.45) is 19.6. The van der Waals surface area contributed by atoms with Crippen LogP contribution in [0.5, 0.6) is 11.8 Å². The fraction of sp³-hybridized carbons (Fsp3) is 0.778. The van der Waals surface area contributed by atoms with Crippen LogP contribution in [0, 0.1) is 0 Å². The Morgan fingerprint density at radius 2 is 1.00 bits per heavy atom. The third-order valence-corrected chi connectivity index (χ3v) is 38.4. The molecule has 2 aromatic heterocycles. The molecule has 0 amide bonds. The predicted molar refractivity (Wildman–Crippen MR) is 202 cm³/mol. The Kier molecular flexibility index (Phi) is 29.5. The van der Waals surface area contributed by atoms with E-state index in [9.17, 15) is 0 Å². The smallest absolute Gasteiger partial charge is 0.233 e. The number of nitrogens with zero attached hydrogens (tertiary/aromatic N) is 4. The van der Waals surface area contributed by atoms with Crippen LogP contribution in [0.2, 0.25) is 26.6 Å². The second kappa shape index (κ2) is 29.8. The van der Waals surface area contributed by atoms with Crippen molar-refractivity contribution in [3.63, 3.8) is 0 Å². The Labute approximate surface area is 290 Å². The van der Waals surface area contributed by atoms with Gasteiger partial charge in [0.15, 0.2) is 0 Å². The van der Waals surface area contributed by atoms with Gasteiger partial charge in [-0.15, -0.1) is 5.10 Å². The topological polar surface area (TPSA) is 70.0 Å². The number of hydrogen-bond acceptors (Lipinski definition) is 6. The van der Waals surface area contributed by atoms with Crippen molar-refractivity contribution in [1.29, 1.82) is 0 Å². The van der Waals surface area contributed by atoms with E-state index < -0.39 is 35.6 Å². The van der Waals surface area contributed by atoms with E-state index >= 15 is 0 Å². The van der Waals surface area contributed by atoms with Crippen LogP contribution in [-0.2, 0) is 0 Å². The first-order valence-corrected chi connectivity index (χ1v) is 35.5. The Bertz CT molecular complexity index is 883. The van der Waals surface area contributed by atoms with E-state index in [2.05, 4.69) is 68.0 Å². The van der Waals surface area contributed by atoms with Gasteiger partial charge in [0.05, 0.1) is 6.61 Å². The molecule has 0 unspecified atom stereocenters. The van der Waals surface area contributed by atoms with Crippen molar-refractivity contribution in [2.45, 2.75) is 159 Å². The first-order chi connectivity index (χ1) is 21.8. The molecule has 0 aliphatic rings. The molecule has 0 aromatic carbocycles. The molecule has 260 valence electrons. The first kappa shape index (κ1) is 44.6. The monoisotopic (exact) mass is 864 g/mol. The molecule has 0 aliphatic heterocycles. The third kappa shape index (κ3) is 20.6. The molecule has 45 heavy (non-hydrogen) atoms. The minimum atomic E-state index is -2.44. The zero-order chi connectivity index (χ0) is 33.7. The molecular weight excluding hydrogens is 793 g/mol. The summed E-state index contributed by atoms with van der Waals surface area (Å²) >= 11 is -4.53. The van der Waals surface area contributed by atoms with Gasteiger partial charge in [0.2, 0.25) is 5.88 Å². The van der Waals surface area contributed by atoms with Crippen molar-refractivity contribution in [2.24, 2.45) is 0 Å². The normalized spacial score (nSPS) is 11.2. The van der Waals surface area contributed by atoms with Crippen LogP contribution >= 0.6 is 8.92 Å². The fourth-order valence-corrected chi connectivity index (χ4v) is 35.1. The molecule has 2 aromatic rings. The summed E-state index contributed by atoms with van der Waals surface area (Å²) in [4.78, 5) is 0. The van der Waals surface area contributed by atoms with Crippen LogP contribution in [0.25, 0.3) is 0 Å². The molecule has 0 spiro atoms. The van der Waals surface area contributed by atoms with Crippen LogP contribution in [0.3, 0.4) is 0 Å². The SMILES string of the molecule is CCC[CH2][Sn]([CH2]CCC)([CH2]CCC)[c]1ccnnc1OCC.CCC[CH2][Sn]([Cl])([CH2]CCC)[CH2]CCC.CCOc1cccnn1. The van der Waals surface area contributed by atoms with Crippen LogP contribution in [0.1, 0.15) is 132 Å². The van der Waals surface area contributed by atoms with Crippen LogP contribution in [0.15, 0.2) is 30.6 Å². The second-order valence-electron chi connectivity index (χ2n) is 12.2. The van der Waals surface area contributed by atoms with Gasteiger partial charge in [0.25, 0.3) is 0 Å². The molecule has 0 aliphatic carbocycles. The molecule has 2 heterocycles. The molecule has 0 saturated carbocycles. The summed E-state index contributed by atoms with van der Waals surface area (Å²) in [5.41, 5.74) is 0. The predicted octanol–water partition coefficient (Wildman–Crippen LogP) is 11.4. The second-order valence-corrected chi connectivity index (χ2v) is 41.6. The van der Waals surface area contributed by atoms with Gasteiger partial charge in [-0.1, -0.05) is 0 Å². The zero-order valence-electron chi connectivity index (χ0n) is 30.5. The van der Waals surface area contributed by atoms with Crippen LogP contribution in [-0.4, -0.2) is 69.2 Å². The number of halogens is 1. The molecule has 0 N–H and O–H groups in total. The summed E-state index contributed by atoms with van der Waals surface area (Å²) in [6, 6.07) is 5.81. The van der Waals surface area contributed by atoms with Gasteiger partial charge in [0.1, 0.15) is 0 Å². The molecule has 0 radical (unpaired) electrons. The van der Waals surface area contributed by atoms with E-state index in [1.54, 1.807) is 18.3 Å². The van der Waals surface area contributed by atoms with Gasteiger partial charge in [-0.25, -0.2) is 0 Å². The van der Waals surface area contributed by atoms with Crippen LogP contribution < -0.4 is 13.1 Å². The number of aromatic nitrogens is 4. The van der Waals surface area contributed by atoms with Crippen molar-refractivity contribution in [3.05, 3.63) is 30.6 Å². The average molecular weight is 863 g/mol. The standard InChI is InChI=1S/C6H8N2O.C6H7N2O.6C4H9.ClH.2Sn/c2*1-2-9-6-4-3-5-7-8-6;6*1-3-4-2;;;/h3-5H,2H2,1H3;3,5H,2H2,1H3;6*1,3-4H2,2H3;1H;;/q;;;;;;;;;;+1/p-1. The maximum absolute atomic E-state index is 6.89. The van der Waals surface area contributed by atoms with Gasteiger partial charge in [-0.2, -0.15) is 5.10 Å². The Balaban J connectivity index is 0.000000715. The van der Waals surface area contributed by atoms with Gasteiger partial charge in [0, 0.05) is 12.3 Å². The minimum absolute atomic E-state index is 0.583. The maximum atomic E-state index is 6.89. The maximum Gasteiger partial charge on any atom is 0.233 e. The molecule has 0 bridgehead atoms. The van der Waals surface area contributed by atoms with Gasteiger partial charge >= 0.3 is 240 Å². The molecule has 2 rings (SSSR count). The largest absolute Gasteiger partial charge is 0.477 e. The Hall–Kier alpha value is -0.353. The zero-order valence-corrected chi connectivity index (χ0v) is 37.0. The summed E-state index contributed by atoms with van der Waals surface area (Å²) in [5.74, 6) is 1.43. The minimum Gasteiger partial charge on any atom is -0.477 e. The number of hydrogen-bond donors (Lipinski definition) is 0. The molecular formula is C36H69ClN4O2Sn2. The van der Waals surface area contributed by atoms with Crippen LogP contribution in [0.4, 0.5) is 0 Å². The first-order valence-electron chi connectivity index (χ1n) is 18.4. The Morgan fingerprint density at radius 1 is 0.556 bits per heavy atom. The number of rotatable bonds is 23. The quantitative estimate of drug-likeness (QED) is 0.104. The Morgan fingerprint density at radius 3 is 1.40 bits per heavy atom. The fourth-order valence-electron chi connectivity index (χ4n) is 5.66. The summed E-state index contributed by atoms with van der Waals surface area (Å²) < 4.78 is 21.0. The van der Waals surface area contributed by atoms with E-state index in [4.69, 9.17) is 18.4 Å². The van der Waals surface area contributed by atoms with Crippen molar-refractivity contribution in [1.82, 2.24) is 20.4 Å². The van der Waals surface area contributed by atoms with E-state index in [-0.39, 0.29) is 0 Å². The van der Waals surface area contributed by atoms with Gasteiger partial charge < -0.3 is 4.74 Å². The number of unbranched alkanes of at least 4 members (excludes halogenated alkanes) is 6. The molecule has 9 heteroatoms. The molecule has 0 atom stereocenters. The van der Waals surface area contributed by atoms with Crippen molar-refractivity contribution >= 4 is 48.1 Å². The van der Waals surface area contributed by atoms with Crippen molar-refractivity contribution in [3.8, 4) is 11.8 Å². The summed E-state index contributed by atoms with van der Waals surface area (Å²) in [7, 11) is 6.89. The molecule has 6 nitrogen and oxygen atoms in total. The van der Waals surface area contributed by atoms with Crippen molar-refractivity contribution in [2.75, 3.05) is 13.2 Å². The van der Waals surface area contributed by atoms with Crippen molar-refractivity contribution < 1.29 is 9.47 Å². The number of ether oxygens (including phenoxy) is 2. The van der Waals surface area contributed by atoms with E-state index in [1.807, 2.05) is 20.0 Å². The summed E-state index contributed by atoms with van der Waals surface area (Å²) in [5, 5.41) is 15.7. The van der Waals surface area contributed by atoms with E-state index in [1.165, 1.54) is 107 Å². The molecule has 0 fully saturated rings. The van der Waals surface area contributed by atoms with E-state index in [0.29, 0.717) is 19.1 Å². The molecule has 0 saturated heterocycles. The summed E-state index contributed by atoms with van der Waals surface area (Å²) in [6.45, 7) is 19.0. The van der Waals surface area contributed by atoms with E-state index in [0.717, 1.165) is 5.88 Å². The third-order valence-electron chi connectivity index (χ3n) is 8.34. The van der Waals surface area contributed by atoms with Gasteiger partial charge in [-0.05, 0) is 13.0 Å². The van der Waals surface area contributed by atoms with Gasteiger partial charge in [-0.3, -0.25) is 0 Å². The average Bonchev–Trinajstić information content (AvgIpc) is 3.07.